The maximum atomic E-state index is 13.0. The fourth-order valence-corrected chi connectivity index (χ4v) is 3.93. The molecule has 0 saturated heterocycles. The molecule has 0 spiro atoms. The van der Waals surface area contributed by atoms with E-state index in [2.05, 4.69) is 47.4 Å². The zero-order chi connectivity index (χ0) is 24.4. The van der Waals surface area contributed by atoms with Crippen LogP contribution in [0.1, 0.15) is 37.6 Å². The van der Waals surface area contributed by atoms with E-state index >= 15 is 0 Å². The van der Waals surface area contributed by atoms with E-state index in [1.165, 1.54) is 0 Å². The predicted octanol–water partition coefficient (Wildman–Crippen LogP) is 4.94. The minimum Gasteiger partial charge on any atom is -0.488 e. The van der Waals surface area contributed by atoms with Crippen LogP contribution in [0.4, 0.5) is 5.69 Å². The van der Waals surface area contributed by atoms with Crippen molar-refractivity contribution >= 4 is 23.5 Å². The number of carbonyl (C=O) groups excluding carboxylic acids is 1. The van der Waals surface area contributed by atoms with Crippen molar-refractivity contribution in [2.75, 3.05) is 25.0 Å². The Kier molecular flexibility index (Phi) is 5.99. The molecule has 0 atom stereocenters. The number of hydrogen-bond donors (Lipinski definition) is 2. The number of amidine groups is 1. The van der Waals surface area contributed by atoms with E-state index in [1.807, 2.05) is 48.5 Å². The van der Waals surface area contributed by atoms with Gasteiger partial charge in [-0.1, -0.05) is 32.9 Å². The van der Waals surface area contributed by atoms with Gasteiger partial charge in [-0.05, 0) is 53.5 Å². The van der Waals surface area contributed by atoms with Gasteiger partial charge < -0.3 is 20.1 Å². The van der Waals surface area contributed by atoms with E-state index in [1.54, 1.807) is 12.3 Å². The van der Waals surface area contributed by atoms with Crippen molar-refractivity contribution in [3.8, 4) is 17.2 Å². The summed E-state index contributed by atoms with van der Waals surface area (Å²) in [7, 11) is 0. The second-order valence-corrected chi connectivity index (χ2v) is 9.58. The third-order valence-electron chi connectivity index (χ3n) is 5.86. The van der Waals surface area contributed by atoms with Gasteiger partial charge in [0, 0.05) is 30.1 Å². The number of fused-ring (bicyclic) bond motifs is 1. The SMILES string of the molecule is CC(C)(C)c1cccc(NC(=O)C2=Cc3cc(Oc4ccnc(C5=NCCN5)c4)ccc3OC2)c1. The van der Waals surface area contributed by atoms with Gasteiger partial charge >= 0.3 is 0 Å². The largest absolute Gasteiger partial charge is 0.488 e. The van der Waals surface area contributed by atoms with Crippen molar-refractivity contribution < 1.29 is 14.3 Å². The molecule has 0 radical (unpaired) electrons. The highest BCUT2D eigenvalue weighted by molar-refractivity contribution is 6.07. The first-order valence-electron chi connectivity index (χ1n) is 11.7. The highest BCUT2D eigenvalue weighted by Crippen LogP contribution is 2.33. The highest BCUT2D eigenvalue weighted by Gasteiger charge is 2.20. The van der Waals surface area contributed by atoms with Gasteiger partial charge in [0.05, 0.1) is 12.1 Å². The summed E-state index contributed by atoms with van der Waals surface area (Å²) in [6.07, 6.45) is 3.55. The number of rotatable bonds is 5. The van der Waals surface area contributed by atoms with Gasteiger partial charge in [0.2, 0.25) is 0 Å². The quantitative estimate of drug-likeness (QED) is 0.554. The maximum Gasteiger partial charge on any atom is 0.255 e. The van der Waals surface area contributed by atoms with Crippen LogP contribution in [0.3, 0.4) is 0 Å². The fraction of sp³-hybridized carbons (Fsp3) is 0.250. The van der Waals surface area contributed by atoms with Crippen LogP contribution in [0.2, 0.25) is 0 Å². The lowest BCUT2D eigenvalue weighted by molar-refractivity contribution is -0.113. The molecule has 1 amide bonds. The van der Waals surface area contributed by atoms with Gasteiger partial charge in [0.15, 0.2) is 0 Å². The van der Waals surface area contributed by atoms with Crippen molar-refractivity contribution in [2.45, 2.75) is 26.2 Å². The lowest BCUT2D eigenvalue weighted by Crippen LogP contribution is -2.21. The third kappa shape index (κ3) is 5.19. The summed E-state index contributed by atoms with van der Waals surface area (Å²) >= 11 is 0. The van der Waals surface area contributed by atoms with Crippen LogP contribution in [0.15, 0.2) is 71.4 Å². The van der Waals surface area contributed by atoms with Crippen LogP contribution in [0.5, 0.6) is 17.2 Å². The molecular weight excluding hydrogens is 440 g/mol. The number of pyridine rings is 1. The highest BCUT2D eigenvalue weighted by atomic mass is 16.5. The Bertz CT molecular complexity index is 1340. The third-order valence-corrected chi connectivity index (χ3v) is 5.86. The molecule has 1 aromatic heterocycles. The number of anilines is 1. The minimum absolute atomic E-state index is 0.0000542. The van der Waals surface area contributed by atoms with Crippen molar-refractivity contribution in [2.24, 2.45) is 4.99 Å². The maximum absolute atomic E-state index is 13.0. The van der Waals surface area contributed by atoms with Crippen molar-refractivity contribution in [1.29, 1.82) is 0 Å². The fourth-order valence-electron chi connectivity index (χ4n) is 3.93. The second-order valence-electron chi connectivity index (χ2n) is 9.58. The van der Waals surface area contributed by atoms with E-state index in [-0.39, 0.29) is 17.9 Å². The number of aliphatic imine (C=N–C) groups is 1. The van der Waals surface area contributed by atoms with E-state index in [4.69, 9.17) is 9.47 Å². The Morgan fingerprint density at radius 2 is 1.94 bits per heavy atom. The summed E-state index contributed by atoms with van der Waals surface area (Å²) in [5, 5.41) is 6.22. The van der Waals surface area contributed by atoms with Crippen molar-refractivity contribution in [3.63, 3.8) is 0 Å². The first kappa shape index (κ1) is 22.7. The van der Waals surface area contributed by atoms with E-state index < -0.39 is 0 Å². The normalized spacial score (nSPS) is 14.7. The van der Waals surface area contributed by atoms with E-state index in [0.717, 1.165) is 41.4 Å². The number of ether oxygens (including phenoxy) is 2. The first-order valence-corrected chi connectivity index (χ1v) is 11.7. The second kappa shape index (κ2) is 9.25. The van der Waals surface area contributed by atoms with Gasteiger partial charge in [-0.3, -0.25) is 14.8 Å². The number of carbonyl (C=O) groups is 1. The number of benzene rings is 2. The van der Waals surface area contributed by atoms with Gasteiger partial charge in [-0.2, -0.15) is 0 Å². The Morgan fingerprint density at radius 1 is 1.09 bits per heavy atom. The molecule has 2 aliphatic rings. The summed E-state index contributed by atoms with van der Waals surface area (Å²) in [6.45, 7) is 8.22. The molecular formula is C28H28N4O3. The average molecular weight is 469 g/mol. The first-order chi connectivity index (χ1) is 16.8. The molecule has 7 heteroatoms. The number of hydrogen-bond acceptors (Lipinski definition) is 6. The van der Waals surface area contributed by atoms with Crippen molar-refractivity contribution in [3.05, 3.63) is 83.2 Å². The standard InChI is InChI=1S/C28H28N4O3/c1-28(2,3)20-5-4-6-21(15-20)32-27(33)19-13-18-14-22(7-8-25(18)34-17-19)35-23-9-10-29-24(16-23)26-30-11-12-31-26/h4-10,13-16H,11-12,17H2,1-3H3,(H,30,31)(H,32,33). The van der Waals surface area contributed by atoms with Crippen LogP contribution in [0, 0.1) is 0 Å². The van der Waals surface area contributed by atoms with Crippen molar-refractivity contribution in [1.82, 2.24) is 10.3 Å². The predicted molar refractivity (Wildman–Crippen MR) is 137 cm³/mol. The molecule has 0 fully saturated rings. The lowest BCUT2D eigenvalue weighted by Gasteiger charge is -2.21. The molecule has 7 nitrogen and oxygen atoms in total. The number of nitrogens with zero attached hydrogens (tertiary/aromatic N) is 2. The summed E-state index contributed by atoms with van der Waals surface area (Å²) in [6, 6.07) is 17.2. The molecule has 5 rings (SSSR count). The Labute approximate surface area is 204 Å². The topological polar surface area (TPSA) is 84.8 Å². The minimum atomic E-state index is -0.184. The summed E-state index contributed by atoms with van der Waals surface area (Å²) in [5.74, 6) is 2.60. The molecule has 2 aromatic carbocycles. The Morgan fingerprint density at radius 3 is 2.74 bits per heavy atom. The molecule has 0 saturated carbocycles. The van der Waals surface area contributed by atoms with Crippen LogP contribution in [-0.4, -0.2) is 36.4 Å². The monoisotopic (exact) mass is 468 g/mol. The van der Waals surface area contributed by atoms with Gasteiger partial charge in [-0.15, -0.1) is 0 Å². The number of amides is 1. The molecule has 0 aliphatic carbocycles. The molecule has 35 heavy (non-hydrogen) atoms. The smallest absolute Gasteiger partial charge is 0.255 e. The molecule has 3 aromatic rings. The Balaban J connectivity index is 1.32. The average Bonchev–Trinajstić information content (AvgIpc) is 3.39. The summed E-state index contributed by atoms with van der Waals surface area (Å²) in [4.78, 5) is 21.7. The summed E-state index contributed by atoms with van der Waals surface area (Å²) in [5.41, 5.74) is 4.01. The number of aromatic nitrogens is 1. The summed E-state index contributed by atoms with van der Waals surface area (Å²) < 4.78 is 11.9. The van der Waals surface area contributed by atoms with Crippen LogP contribution < -0.4 is 20.1 Å². The molecule has 2 aliphatic heterocycles. The van der Waals surface area contributed by atoms with E-state index in [9.17, 15) is 4.79 Å². The molecule has 0 bridgehead atoms. The zero-order valence-electron chi connectivity index (χ0n) is 20.1. The molecule has 0 unspecified atom stereocenters. The van der Waals surface area contributed by atoms with Crippen LogP contribution >= 0.6 is 0 Å². The van der Waals surface area contributed by atoms with Gasteiger partial charge in [0.25, 0.3) is 5.91 Å². The lowest BCUT2D eigenvalue weighted by atomic mass is 9.87. The van der Waals surface area contributed by atoms with Crippen LogP contribution in [0.25, 0.3) is 6.08 Å². The molecule has 3 heterocycles. The van der Waals surface area contributed by atoms with E-state index in [0.29, 0.717) is 22.8 Å². The van der Waals surface area contributed by atoms with Crippen LogP contribution in [-0.2, 0) is 10.2 Å². The molecule has 178 valence electrons. The zero-order valence-corrected chi connectivity index (χ0v) is 20.1. The van der Waals surface area contributed by atoms with Gasteiger partial charge in [-0.25, -0.2) is 0 Å². The number of nitrogens with one attached hydrogen (secondary N) is 2. The molecule has 2 N–H and O–H groups in total. The Hall–Kier alpha value is -4.13. The van der Waals surface area contributed by atoms with Gasteiger partial charge in [0.1, 0.15) is 35.4 Å².